The molecule has 0 aliphatic rings. The van der Waals surface area contributed by atoms with Crippen molar-refractivity contribution in [1.29, 1.82) is 0 Å². The van der Waals surface area contributed by atoms with Crippen molar-refractivity contribution in [2.45, 2.75) is 26.2 Å². The molecule has 0 radical (unpaired) electrons. The predicted molar refractivity (Wildman–Crippen MR) is 80.3 cm³/mol. The van der Waals surface area contributed by atoms with Gasteiger partial charge >= 0.3 is 5.97 Å². The van der Waals surface area contributed by atoms with Crippen molar-refractivity contribution < 1.29 is 19.2 Å². The van der Waals surface area contributed by atoms with Gasteiger partial charge in [-0.2, -0.15) is 0 Å². The van der Waals surface area contributed by atoms with Gasteiger partial charge < -0.3 is 15.8 Å². The Morgan fingerprint density at radius 2 is 2.09 bits per heavy atom. The number of nitrogens with zero attached hydrogens (tertiary/aromatic N) is 1. The van der Waals surface area contributed by atoms with Gasteiger partial charge in [0.2, 0.25) is 0 Å². The summed E-state index contributed by atoms with van der Waals surface area (Å²) in [4.78, 5) is 33.3. The molecule has 3 N–H and O–H groups in total. The summed E-state index contributed by atoms with van der Waals surface area (Å²) in [7, 11) is 0. The van der Waals surface area contributed by atoms with Gasteiger partial charge in [-0.3, -0.25) is 14.9 Å². The molecular formula is C14H19N3O5. The maximum Gasteiger partial charge on any atom is 0.338 e. The van der Waals surface area contributed by atoms with Crippen LogP contribution in [0.3, 0.4) is 0 Å². The van der Waals surface area contributed by atoms with E-state index >= 15 is 0 Å². The molecule has 22 heavy (non-hydrogen) atoms. The molecule has 0 unspecified atom stereocenters. The number of hydrogen-bond donors (Lipinski definition) is 2. The number of carbonyl (C=O) groups is 2. The number of unbranched alkanes of at least 4 members (excludes halogenated alkanes) is 2. The molecule has 0 spiro atoms. The summed E-state index contributed by atoms with van der Waals surface area (Å²) < 4.78 is 4.81. The van der Waals surface area contributed by atoms with Crippen LogP contribution in [0.4, 0.5) is 11.4 Å². The minimum Gasteiger partial charge on any atom is -0.452 e. The zero-order valence-electron chi connectivity index (χ0n) is 12.3. The first-order chi connectivity index (χ1) is 10.5. The SMILES string of the molecule is CCCCCNC(=O)COC(=O)c1ccc(N)c([N+](=O)[O-])c1. The lowest BCUT2D eigenvalue weighted by Gasteiger charge is -2.06. The van der Waals surface area contributed by atoms with E-state index < -0.39 is 23.4 Å². The van der Waals surface area contributed by atoms with Gasteiger partial charge in [-0.15, -0.1) is 0 Å². The lowest BCUT2D eigenvalue weighted by atomic mass is 10.2. The van der Waals surface area contributed by atoms with Gasteiger partial charge in [-0.25, -0.2) is 4.79 Å². The molecule has 0 saturated carbocycles. The molecule has 1 rings (SSSR count). The van der Waals surface area contributed by atoms with Crippen molar-refractivity contribution in [3.8, 4) is 0 Å². The topological polar surface area (TPSA) is 125 Å². The number of benzene rings is 1. The van der Waals surface area contributed by atoms with Crippen molar-refractivity contribution in [3.05, 3.63) is 33.9 Å². The van der Waals surface area contributed by atoms with Crippen LogP contribution in [-0.2, 0) is 9.53 Å². The zero-order chi connectivity index (χ0) is 16.5. The molecule has 8 nitrogen and oxygen atoms in total. The van der Waals surface area contributed by atoms with Crippen LogP contribution in [0.1, 0.15) is 36.5 Å². The van der Waals surface area contributed by atoms with Gasteiger partial charge in [0.15, 0.2) is 6.61 Å². The number of nitro benzene ring substituents is 1. The summed E-state index contributed by atoms with van der Waals surface area (Å²) in [6.45, 7) is 2.15. The van der Waals surface area contributed by atoms with Gasteiger partial charge in [0.1, 0.15) is 5.69 Å². The van der Waals surface area contributed by atoms with Crippen LogP contribution in [0.15, 0.2) is 18.2 Å². The number of esters is 1. The zero-order valence-corrected chi connectivity index (χ0v) is 12.3. The van der Waals surface area contributed by atoms with Crippen LogP contribution in [0.2, 0.25) is 0 Å². The van der Waals surface area contributed by atoms with E-state index in [2.05, 4.69) is 12.2 Å². The average Bonchev–Trinajstić information content (AvgIpc) is 2.49. The molecule has 120 valence electrons. The first-order valence-corrected chi connectivity index (χ1v) is 6.93. The average molecular weight is 309 g/mol. The van der Waals surface area contributed by atoms with E-state index in [0.717, 1.165) is 25.3 Å². The lowest BCUT2D eigenvalue weighted by molar-refractivity contribution is -0.383. The number of nitrogen functional groups attached to an aromatic ring is 1. The molecule has 0 saturated heterocycles. The Kier molecular flexibility index (Phi) is 6.81. The molecule has 1 aromatic carbocycles. The Hall–Kier alpha value is -2.64. The number of carbonyl (C=O) groups excluding carboxylic acids is 2. The molecule has 0 aliphatic heterocycles. The van der Waals surface area contributed by atoms with E-state index in [9.17, 15) is 19.7 Å². The fourth-order valence-electron chi connectivity index (χ4n) is 1.70. The molecular weight excluding hydrogens is 290 g/mol. The van der Waals surface area contributed by atoms with Crippen LogP contribution >= 0.6 is 0 Å². The maximum atomic E-state index is 11.7. The molecule has 1 aromatic rings. The second kappa shape index (κ2) is 8.60. The van der Waals surface area contributed by atoms with Crippen molar-refractivity contribution in [2.24, 2.45) is 0 Å². The number of nitrogens with one attached hydrogen (secondary N) is 1. The van der Waals surface area contributed by atoms with Crippen LogP contribution in [-0.4, -0.2) is 30.0 Å². The van der Waals surface area contributed by atoms with E-state index in [-0.39, 0.29) is 16.9 Å². The quantitative estimate of drug-likeness (QED) is 0.247. The standard InChI is InChI=1S/C14H19N3O5/c1-2-3-4-7-16-13(18)9-22-14(19)10-5-6-11(15)12(8-10)17(20)21/h5-6,8H,2-4,7,9,15H2,1H3,(H,16,18). The molecule has 0 atom stereocenters. The summed E-state index contributed by atoms with van der Waals surface area (Å²) in [5, 5.41) is 13.4. The van der Waals surface area contributed by atoms with Crippen molar-refractivity contribution in [1.82, 2.24) is 5.32 Å². The lowest BCUT2D eigenvalue weighted by Crippen LogP contribution is -2.29. The van der Waals surface area contributed by atoms with E-state index in [4.69, 9.17) is 10.5 Å². The Morgan fingerprint density at radius 3 is 2.73 bits per heavy atom. The van der Waals surface area contributed by atoms with E-state index in [1.807, 2.05) is 0 Å². The molecule has 0 aliphatic carbocycles. The highest BCUT2D eigenvalue weighted by Crippen LogP contribution is 2.22. The van der Waals surface area contributed by atoms with E-state index in [1.165, 1.54) is 12.1 Å². The van der Waals surface area contributed by atoms with Crippen molar-refractivity contribution in [2.75, 3.05) is 18.9 Å². The molecule has 0 heterocycles. The molecule has 0 aromatic heterocycles. The van der Waals surface area contributed by atoms with Gasteiger partial charge in [-0.1, -0.05) is 19.8 Å². The molecule has 8 heteroatoms. The normalized spacial score (nSPS) is 10.0. The highest BCUT2D eigenvalue weighted by Gasteiger charge is 2.17. The number of hydrogen-bond acceptors (Lipinski definition) is 6. The fourth-order valence-corrected chi connectivity index (χ4v) is 1.70. The Balaban J connectivity index is 2.50. The fraction of sp³-hybridized carbons (Fsp3) is 0.429. The van der Waals surface area contributed by atoms with Gasteiger partial charge in [0.25, 0.3) is 11.6 Å². The summed E-state index contributed by atoms with van der Waals surface area (Å²) in [6, 6.07) is 3.58. The van der Waals surface area contributed by atoms with Crippen LogP contribution < -0.4 is 11.1 Å². The van der Waals surface area contributed by atoms with Gasteiger partial charge in [0.05, 0.1) is 10.5 Å². The number of nitro groups is 1. The first-order valence-electron chi connectivity index (χ1n) is 6.93. The minimum absolute atomic E-state index is 0.0281. The Morgan fingerprint density at radius 1 is 1.36 bits per heavy atom. The van der Waals surface area contributed by atoms with Gasteiger partial charge in [-0.05, 0) is 18.6 Å². The number of rotatable bonds is 8. The number of nitrogens with two attached hydrogens (primary N) is 1. The van der Waals surface area contributed by atoms with E-state index in [1.54, 1.807) is 0 Å². The van der Waals surface area contributed by atoms with Crippen molar-refractivity contribution >= 4 is 23.3 Å². The molecule has 0 fully saturated rings. The van der Waals surface area contributed by atoms with Crippen molar-refractivity contribution in [3.63, 3.8) is 0 Å². The summed E-state index contributed by atoms with van der Waals surface area (Å²) in [5.74, 6) is -1.22. The third-order valence-corrected chi connectivity index (χ3v) is 2.90. The van der Waals surface area contributed by atoms with Crippen LogP contribution in [0.5, 0.6) is 0 Å². The summed E-state index contributed by atoms with van der Waals surface area (Å²) >= 11 is 0. The third kappa shape index (κ3) is 5.39. The highest BCUT2D eigenvalue weighted by molar-refractivity contribution is 5.92. The highest BCUT2D eigenvalue weighted by atomic mass is 16.6. The smallest absolute Gasteiger partial charge is 0.338 e. The van der Waals surface area contributed by atoms with Crippen LogP contribution in [0.25, 0.3) is 0 Å². The Labute approximate surface area is 127 Å². The predicted octanol–water partition coefficient (Wildman–Crippen LogP) is 1.64. The minimum atomic E-state index is -0.813. The second-order valence-corrected chi connectivity index (χ2v) is 4.66. The largest absolute Gasteiger partial charge is 0.452 e. The number of amides is 1. The Bertz CT molecular complexity index is 559. The second-order valence-electron chi connectivity index (χ2n) is 4.66. The first kappa shape index (κ1) is 17.4. The monoisotopic (exact) mass is 309 g/mol. The van der Waals surface area contributed by atoms with E-state index in [0.29, 0.717) is 6.54 Å². The number of anilines is 1. The van der Waals surface area contributed by atoms with Crippen LogP contribution in [0, 0.1) is 10.1 Å². The molecule has 1 amide bonds. The summed E-state index contributed by atoms with van der Waals surface area (Å²) in [6.07, 6.45) is 2.91. The maximum absolute atomic E-state index is 11.7. The molecule has 0 bridgehead atoms. The third-order valence-electron chi connectivity index (χ3n) is 2.90. The number of ether oxygens (including phenoxy) is 1. The van der Waals surface area contributed by atoms with Gasteiger partial charge in [0, 0.05) is 12.6 Å². The summed E-state index contributed by atoms with van der Waals surface area (Å²) in [5.41, 5.74) is 4.98.